The molecular weight excluding hydrogens is 304 g/mol. The van der Waals surface area contributed by atoms with Crippen molar-refractivity contribution in [3.05, 3.63) is 82.7 Å². The molecular formula is C18H18N4O2. The van der Waals surface area contributed by atoms with Gasteiger partial charge in [0.2, 0.25) is 5.27 Å². The van der Waals surface area contributed by atoms with Crippen molar-refractivity contribution in [1.29, 1.82) is 0 Å². The Morgan fingerprint density at radius 1 is 0.875 bits per heavy atom. The predicted molar refractivity (Wildman–Crippen MR) is 88.6 cm³/mol. The van der Waals surface area contributed by atoms with E-state index in [2.05, 4.69) is 39.9 Å². The van der Waals surface area contributed by atoms with Gasteiger partial charge in [0.1, 0.15) is 0 Å². The third-order valence-corrected chi connectivity index (χ3v) is 3.86. The molecule has 0 bridgehead atoms. The largest absolute Gasteiger partial charge is 0.775 e. The number of nitrogens with zero attached hydrogens (tertiary/aromatic N) is 4. The van der Waals surface area contributed by atoms with Crippen molar-refractivity contribution in [3.8, 4) is 0 Å². The minimum absolute atomic E-state index is 0.189. The highest BCUT2D eigenvalue weighted by molar-refractivity contribution is 5.25. The van der Waals surface area contributed by atoms with Gasteiger partial charge in [0.05, 0.1) is 0 Å². The zero-order valence-corrected chi connectivity index (χ0v) is 13.2. The van der Waals surface area contributed by atoms with Gasteiger partial charge in [-0.1, -0.05) is 60.7 Å². The van der Waals surface area contributed by atoms with Crippen LogP contribution in [-0.2, 0) is 25.8 Å². The fourth-order valence-electron chi connectivity index (χ4n) is 2.61. The third-order valence-electron chi connectivity index (χ3n) is 3.86. The van der Waals surface area contributed by atoms with Gasteiger partial charge >= 0.3 is 5.88 Å². The number of hydrogen-bond acceptors (Lipinski definition) is 5. The third kappa shape index (κ3) is 4.04. The zero-order valence-electron chi connectivity index (χ0n) is 13.2. The Hall–Kier alpha value is -3.02. The van der Waals surface area contributed by atoms with Crippen LogP contribution in [0.15, 0.2) is 75.6 Å². The fraction of sp³-hybridized carbons (Fsp3) is 0.222. The van der Waals surface area contributed by atoms with Crippen LogP contribution in [0.4, 0.5) is 5.88 Å². The molecule has 1 aromatic heterocycles. The van der Waals surface area contributed by atoms with Crippen molar-refractivity contribution in [3.63, 3.8) is 0 Å². The van der Waals surface area contributed by atoms with E-state index in [-0.39, 0.29) is 5.88 Å². The Morgan fingerprint density at radius 3 is 2.12 bits per heavy atom. The Balaban J connectivity index is 1.73. The van der Waals surface area contributed by atoms with Crippen molar-refractivity contribution in [2.45, 2.75) is 25.8 Å². The molecule has 0 aliphatic rings. The summed E-state index contributed by atoms with van der Waals surface area (Å²) in [4.78, 5) is 0. The minimum atomic E-state index is 0.189. The molecule has 6 nitrogen and oxygen atoms in total. The van der Waals surface area contributed by atoms with Crippen molar-refractivity contribution in [2.24, 2.45) is 10.4 Å². The van der Waals surface area contributed by atoms with Crippen LogP contribution in [0.3, 0.4) is 0 Å². The molecule has 24 heavy (non-hydrogen) atoms. The van der Waals surface area contributed by atoms with Crippen LogP contribution in [0.25, 0.3) is 0 Å². The molecule has 0 unspecified atom stereocenters. The van der Waals surface area contributed by atoms with Crippen LogP contribution in [0.1, 0.15) is 16.8 Å². The van der Waals surface area contributed by atoms with E-state index in [0.717, 1.165) is 18.5 Å². The van der Waals surface area contributed by atoms with Crippen molar-refractivity contribution in [2.75, 3.05) is 0 Å². The van der Waals surface area contributed by atoms with E-state index < -0.39 is 0 Å². The summed E-state index contributed by atoms with van der Waals surface area (Å²) in [6, 6.07) is 20.3. The second-order valence-corrected chi connectivity index (χ2v) is 5.45. The lowest BCUT2D eigenvalue weighted by Gasteiger charge is -1.99. The van der Waals surface area contributed by atoms with Gasteiger partial charge in [-0.3, -0.25) is 4.52 Å². The first kappa shape index (κ1) is 15.9. The average Bonchev–Trinajstić information content (AvgIpc) is 3.02. The first-order valence-electron chi connectivity index (χ1n) is 7.86. The van der Waals surface area contributed by atoms with Gasteiger partial charge in [-0.2, -0.15) is 0 Å². The molecule has 0 saturated carbocycles. The lowest BCUT2D eigenvalue weighted by Crippen LogP contribution is -2.40. The molecule has 0 aliphatic carbocycles. The van der Waals surface area contributed by atoms with Crippen LogP contribution >= 0.6 is 0 Å². The topological polar surface area (TPSA) is 77.7 Å². The number of aromatic nitrogens is 2. The summed E-state index contributed by atoms with van der Waals surface area (Å²) in [5.41, 5.74) is 3.21. The standard InChI is InChI=1S/C18H18N4O2/c23-20-19-18-17(12-11-15-7-3-1-4-8-15)22(21-24-18)14-13-16-9-5-2-6-10-16/h1-10H,11-14H2. The summed E-state index contributed by atoms with van der Waals surface area (Å²) in [6.07, 6.45) is 2.32. The predicted octanol–water partition coefficient (Wildman–Crippen LogP) is 3.57. The molecule has 0 radical (unpaired) electrons. The maximum Gasteiger partial charge on any atom is 0.342 e. The second kappa shape index (κ2) is 8.01. The quantitative estimate of drug-likeness (QED) is 0.379. The number of rotatable bonds is 7. The first-order chi connectivity index (χ1) is 11.9. The summed E-state index contributed by atoms with van der Waals surface area (Å²) < 4.78 is 6.93. The molecule has 1 heterocycles. The smallest absolute Gasteiger partial charge is 0.342 e. The summed E-state index contributed by atoms with van der Waals surface area (Å²) in [5, 5.41) is 20.6. The molecule has 0 aliphatic heterocycles. The maximum atomic E-state index is 10.5. The number of benzene rings is 2. The summed E-state index contributed by atoms with van der Waals surface area (Å²) in [5.74, 6) is 0.189. The molecule has 2 aromatic carbocycles. The Bertz CT molecular complexity index is 785. The lowest BCUT2D eigenvalue weighted by molar-refractivity contribution is -0.767. The lowest BCUT2D eigenvalue weighted by atomic mass is 10.1. The van der Waals surface area contributed by atoms with Gasteiger partial charge in [0.15, 0.2) is 6.54 Å². The van der Waals surface area contributed by atoms with E-state index in [1.165, 1.54) is 11.1 Å². The van der Waals surface area contributed by atoms with Gasteiger partial charge in [-0.05, 0) is 22.2 Å². The van der Waals surface area contributed by atoms with E-state index in [1.807, 2.05) is 36.4 Å². The monoisotopic (exact) mass is 322 g/mol. The first-order valence-corrected chi connectivity index (χ1v) is 7.86. The van der Waals surface area contributed by atoms with E-state index in [0.29, 0.717) is 13.0 Å². The Kier molecular flexibility index (Phi) is 5.29. The van der Waals surface area contributed by atoms with Crippen LogP contribution in [-0.4, -0.2) is 5.27 Å². The average molecular weight is 322 g/mol. The Morgan fingerprint density at radius 2 is 1.50 bits per heavy atom. The van der Waals surface area contributed by atoms with Gasteiger partial charge in [-0.15, -0.1) is 5.11 Å². The minimum Gasteiger partial charge on any atom is -0.775 e. The summed E-state index contributed by atoms with van der Waals surface area (Å²) in [7, 11) is 0. The highest BCUT2D eigenvalue weighted by Crippen LogP contribution is 2.17. The fourth-order valence-corrected chi connectivity index (χ4v) is 2.61. The van der Waals surface area contributed by atoms with Gasteiger partial charge < -0.3 is 5.21 Å². The van der Waals surface area contributed by atoms with E-state index in [9.17, 15) is 5.21 Å². The summed E-state index contributed by atoms with van der Waals surface area (Å²) >= 11 is 0. The van der Waals surface area contributed by atoms with E-state index in [4.69, 9.17) is 4.52 Å². The zero-order chi connectivity index (χ0) is 16.6. The van der Waals surface area contributed by atoms with Crippen LogP contribution < -0.4 is 4.68 Å². The maximum absolute atomic E-state index is 10.5. The van der Waals surface area contributed by atoms with Crippen molar-refractivity contribution in [1.82, 2.24) is 5.27 Å². The second-order valence-electron chi connectivity index (χ2n) is 5.45. The van der Waals surface area contributed by atoms with Crippen LogP contribution in [0.5, 0.6) is 0 Å². The molecule has 3 rings (SSSR count). The normalized spacial score (nSPS) is 11.2. The van der Waals surface area contributed by atoms with Crippen molar-refractivity contribution >= 4 is 5.88 Å². The number of aryl methyl sites for hydroxylation is 3. The van der Waals surface area contributed by atoms with Gasteiger partial charge in [-0.25, -0.2) is 5.28 Å². The van der Waals surface area contributed by atoms with Gasteiger partial charge in [0, 0.05) is 12.8 Å². The highest BCUT2D eigenvalue weighted by atomic mass is 16.5. The van der Waals surface area contributed by atoms with Crippen LogP contribution in [0.2, 0.25) is 0 Å². The molecule has 0 atom stereocenters. The van der Waals surface area contributed by atoms with E-state index in [1.54, 1.807) is 4.68 Å². The molecule has 0 amide bonds. The molecule has 0 N–H and O–H groups in total. The highest BCUT2D eigenvalue weighted by Gasteiger charge is 2.24. The van der Waals surface area contributed by atoms with Crippen molar-refractivity contribution < 1.29 is 9.20 Å². The molecule has 0 fully saturated rings. The molecule has 122 valence electrons. The summed E-state index contributed by atoms with van der Waals surface area (Å²) in [6.45, 7) is 0.659. The molecule has 3 aromatic rings. The number of hydrogen-bond donors (Lipinski definition) is 0. The Labute approximate surface area is 140 Å². The molecule has 6 heteroatoms. The molecule has 0 spiro atoms. The van der Waals surface area contributed by atoms with E-state index >= 15 is 0 Å². The SMILES string of the molecule is [O-]/N=N/c1on[n+](CCc2ccccc2)c1CCc1ccccc1. The van der Waals surface area contributed by atoms with Gasteiger partial charge in [0.25, 0.3) is 5.69 Å². The molecule has 0 saturated heterocycles. The van der Waals surface area contributed by atoms with Crippen LogP contribution in [0, 0.1) is 5.21 Å².